The van der Waals surface area contributed by atoms with Gasteiger partial charge < -0.3 is 4.90 Å². The largest absolute Gasteiger partial charge is 0.340 e. The van der Waals surface area contributed by atoms with E-state index in [1.54, 1.807) is 0 Å². The van der Waals surface area contributed by atoms with Gasteiger partial charge in [-0.3, -0.25) is 4.79 Å². The average Bonchev–Trinajstić information content (AvgIpc) is 3.37. The van der Waals surface area contributed by atoms with Crippen LogP contribution in [-0.4, -0.2) is 38.9 Å². The molecule has 0 saturated carbocycles. The summed E-state index contributed by atoms with van der Waals surface area (Å²) in [6.07, 6.45) is 4.26. The normalized spacial score (nSPS) is 16.8. The minimum absolute atomic E-state index is 0.209. The van der Waals surface area contributed by atoms with Crippen LogP contribution in [-0.2, 0) is 11.2 Å². The summed E-state index contributed by atoms with van der Waals surface area (Å²) in [4.78, 5) is 14.5. The van der Waals surface area contributed by atoms with Gasteiger partial charge >= 0.3 is 0 Å². The average molecular weight is 346 g/mol. The van der Waals surface area contributed by atoms with Crippen LogP contribution >= 0.6 is 0 Å². The van der Waals surface area contributed by atoms with Crippen molar-refractivity contribution in [3.05, 3.63) is 72.4 Å². The number of rotatable bonds is 5. The molecule has 132 valence electrons. The molecule has 1 fully saturated rings. The van der Waals surface area contributed by atoms with E-state index in [2.05, 4.69) is 22.4 Å². The van der Waals surface area contributed by atoms with Crippen molar-refractivity contribution in [3.63, 3.8) is 0 Å². The van der Waals surface area contributed by atoms with E-state index in [9.17, 15) is 4.79 Å². The first-order valence-electron chi connectivity index (χ1n) is 9.08. The summed E-state index contributed by atoms with van der Waals surface area (Å²) >= 11 is 0. The van der Waals surface area contributed by atoms with Gasteiger partial charge in [0.05, 0.1) is 12.2 Å². The highest BCUT2D eigenvalue weighted by Gasteiger charge is 2.28. The molecule has 1 aliphatic rings. The molecule has 26 heavy (non-hydrogen) atoms. The third-order valence-corrected chi connectivity index (χ3v) is 4.94. The van der Waals surface area contributed by atoms with Gasteiger partial charge in [-0.15, -0.1) is 5.10 Å². The fourth-order valence-corrected chi connectivity index (χ4v) is 3.43. The zero-order valence-electron chi connectivity index (χ0n) is 14.7. The quantitative estimate of drug-likeness (QED) is 0.712. The van der Waals surface area contributed by atoms with Gasteiger partial charge in [-0.25, -0.2) is 4.68 Å². The fraction of sp³-hybridized carbons (Fsp3) is 0.286. The Morgan fingerprint density at radius 1 is 1.04 bits per heavy atom. The lowest BCUT2D eigenvalue weighted by molar-refractivity contribution is -0.130. The number of benzene rings is 2. The molecule has 4 rings (SSSR count). The van der Waals surface area contributed by atoms with Gasteiger partial charge in [0, 0.05) is 25.1 Å². The van der Waals surface area contributed by atoms with Gasteiger partial charge in [-0.05, 0) is 18.4 Å². The van der Waals surface area contributed by atoms with Crippen LogP contribution in [0.5, 0.6) is 0 Å². The topological polar surface area (TPSA) is 51.0 Å². The lowest BCUT2D eigenvalue weighted by atomic mass is 10.1. The van der Waals surface area contributed by atoms with Crippen molar-refractivity contribution < 1.29 is 4.79 Å². The predicted molar refractivity (Wildman–Crippen MR) is 100 cm³/mol. The smallest absolute Gasteiger partial charge is 0.222 e. The second-order valence-electron chi connectivity index (χ2n) is 6.72. The first-order chi connectivity index (χ1) is 12.8. The number of aromatic nitrogens is 3. The van der Waals surface area contributed by atoms with Crippen LogP contribution in [0, 0.1) is 0 Å². The van der Waals surface area contributed by atoms with Crippen LogP contribution in [0.4, 0.5) is 0 Å². The van der Waals surface area contributed by atoms with Crippen molar-refractivity contribution in [1.82, 2.24) is 19.9 Å². The molecule has 2 aromatic carbocycles. The molecule has 1 saturated heterocycles. The van der Waals surface area contributed by atoms with Gasteiger partial charge in [0.2, 0.25) is 5.91 Å². The van der Waals surface area contributed by atoms with Crippen molar-refractivity contribution in [2.24, 2.45) is 0 Å². The molecule has 0 bridgehead atoms. The summed E-state index contributed by atoms with van der Waals surface area (Å²) in [6, 6.07) is 20.4. The van der Waals surface area contributed by atoms with Crippen LogP contribution in [0.1, 0.15) is 24.4 Å². The maximum Gasteiger partial charge on any atom is 0.222 e. The van der Waals surface area contributed by atoms with Gasteiger partial charge in [0.25, 0.3) is 0 Å². The van der Waals surface area contributed by atoms with E-state index in [0.717, 1.165) is 30.6 Å². The molecule has 3 aromatic rings. The summed E-state index contributed by atoms with van der Waals surface area (Å²) in [5.41, 5.74) is 3.15. The number of hydrogen-bond acceptors (Lipinski definition) is 3. The number of nitrogens with zero attached hydrogens (tertiary/aromatic N) is 4. The van der Waals surface area contributed by atoms with E-state index >= 15 is 0 Å². The Balaban J connectivity index is 1.35. The minimum atomic E-state index is 0.209. The van der Waals surface area contributed by atoms with Crippen LogP contribution in [0.15, 0.2) is 66.9 Å². The van der Waals surface area contributed by atoms with Crippen molar-refractivity contribution in [2.75, 3.05) is 13.1 Å². The summed E-state index contributed by atoms with van der Waals surface area (Å²) in [6.45, 7) is 1.50. The maximum atomic E-state index is 12.5. The second kappa shape index (κ2) is 7.52. The monoisotopic (exact) mass is 346 g/mol. The third-order valence-electron chi connectivity index (χ3n) is 4.94. The Kier molecular flexibility index (Phi) is 4.78. The van der Waals surface area contributed by atoms with Crippen molar-refractivity contribution in [1.29, 1.82) is 0 Å². The number of aryl methyl sites for hydroxylation is 1. The molecular formula is C21H22N4O. The Labute approximate surface area is 153 Å². The van der Waals surface area contributed by atoms with E-state index in [4.69, 9.17) is 0 Å². The Bertz CT molecular complexity index is 860. The van der Waals surface area contributed by atoms with Crippen molar-refractivity contribution in [3.8, 4) is 11.3 Å². The van der Waals surface area contributed by atoms with E-state index in [0.29, 0.717) is 13.0 Å². The lowest BCUT2D eigenvalue weighted by Gasteiger charge is -2.16. The predicted octanol–water partition coefficient (Wildman–Crippen LogP) is 3.35. The zero-order chi connectivity index (χ0) is 17.8. The van der Waals surface area contributed by atoms with Crippen LogP contribution in [0.25, 0.3) is 11.3 Å². The lowest BCUT2D eigenvalue weighted by Crippen LogP contribution is -2.29. The number of likely N-dealkylation sites (tertiary alicyclic amines) is 1. The molecule has 0 radical (unpaired) electrons. The van der Waals surface area contributed by atoms with E-state index < -0.39 is 0 Å². The molecule has 1 aliphatic heterocycles. The molecule has 0 spiro atoms. The van der Waals surface area contributed by atoms with Crippen LogP contribution < -0.4 is 0 Å². The number of amides is 1. The third kappa shape index (κ3) is 3.67. The summed E-state index contributed by atoms with van der Waals surface area (Å²) < 4.78 is 1.91. The maximum absolute atomic E-state index is 12.5. The van der Waals surface area contributed by atoms with E-state index in [1.807, 2.05) is 64.3 Å². The molecule has 1 amide bonds. The first-order valence-corrected chi connectivity index (χ1v) is 9.08. The molecular weight excluding hydrogens is 324 g/mol. The van der Waals surface area contributed by atoms with Crippen molar-refractivity contribution >= 4 is 5.91 Å². The van der Waals surface area contributed by atoms with Crippen LogP contribution in [0.3, 0.4) is 0 Å². The summed E-state index contributed by atoms with van der Waals surface area (Å²) in [7, 11) is 0. The molecule has 2 heterocycles. The highest BCUT2D eigenvalue weighted by atomic mass is 16.2. The van der Waals surface area contributed by atoms with Crippen LogP contribution in [0.2, 0.25) is 0 Å². The molecule has 1 atom stereocenters. The zero-order valence-corrected chi connectivity index (χ0v) is 14.7. The SMILES string of the molecule is O=C(CCc1ccccc1)N1CCC(n2cc(-c3ccccc3)nn2)C1. The summed E-state index contributed by atoms with van der Waals surface area (Å²) in [5, 5.41) is 8.58. The molecule has 1 unspecified atom stereocenters. The molecule has 5 nitrogen and oxygen atoms in total. The first kappa shape index (κ1) is 16.5. The molecule has 1 aromatic heterocycles. The Morgan fingerprint density at radius 3 is 2.54 bits per heavy atom. The van der Waals surface area contributed by atoms with E-state index in [-0.39, 0.29) is 11.9 Å². The van der Waals surface area contributed by atoms with Gasteiger partial charge in [0.1, 0.15) is 5.69 Å². The minimum Gasteiger partial charge on any atom is -0.340 e. The summed E-state index contributed by atoms with van der Waals surface area (Å²) in [5.74, 6) is 0.222. The highest BCUT2D eigenvalue weighted by Crippen LogP contribution is 2.24. The number of carbonyl (C=O) groups excluding carboxylic acids is 1. The number of carbonyl (C=O) groups is 1. The Morgan fingerprint density at radius 2 is 1.77 bits per heavy atom. The second-order valence-corrected chi connectivity index (χ2v) is 6.72. The van der Waals surface area contributed by atoms with Gasteiger partial charge in [-0.2, -0.15) is 0 Å². The number of hydrogen-bond donors (Lipinski definition) is 0. The highest BCUT2D eigenvalue weighted by molar-refractivity contribution is 5.76. The molecule has 5 heteroatoms. The van der Waals surface area contributed by atoms with Gasteiger partial charge in [-0.1, -0.05) is 65.9 Å². The molecule has 0 N–H and O–H groups in total. The van der Waals surface area contributed by atoms with E-state index in [1.165, 1.54) is 5.56 Å². The molecule has 0 aliphatic carbocycles. The standard InChI is InChI=1S/C21H22N4O/c26-21(12-11-17-7-3-1-4-8-17)24-14-13-19(15-24)25-16-20(22-23-25)18-9-5-2-6-10-18/h1-10,16,19H,11-15H2. The fourth-order valence-electron chi connectivity index (χ4n) is 3.43. The Hall–Kier alpha value is -2.95. The van der Waals surface area contributed by atoms with Crippen molar-refractivity contribution in [2.45, 2.75) is 25.3 Å². The van der Waals surface area contributed by atoms with Gasteiger partial charge in [0.15, 0.2) is 0 Å².